The van der Waals surface area contributed by atoms with Crippen LogP contribution in [0.2, 0.25) is 0 Å². The molecule has 3 aliphatic heterocycles. The van der Waals surface area contributed by atoms with E-state index in [2.05, 4.69) is 35.8 Å². The Labute approximate surface area is 259 Å². The molecule has 3 atom stereocenters. The van der Waals surface area contributed by atoms with Crippen LogP contribution in [0.1, 0.15) is 26.2 Å². The van der Waals surface area contributed by atoms with Crippen LogP contribution in [0.3, 0.4) is 0 Å². The van der Waals surface area contributed by atoms with Gasteiger partial charge in [-0.3, -0.25) is 9.88 Å². The number of hydrogen-bond donors (Lipinski definition) is 2. The Morgan fingerprint density at radius 2 is 2.05 bits per heavy atom. The van der Waals surface area contributed by atoms with E-state index in [4.69, 9.17) is 9.47 Å². The Bertz CT molecular complexity index is 1780. The van der Waals surface area contributed by atoms with Crippen molar-refractivity contribution in [1.82, 2.24) is 19.9 Å². The lowest BCUT2D eigenvalue weighted by Gasteiger charge is -2.31. The molecule has 3 saturated heterocycles. The third kappa shape index (κ3) is 5.13. The van der Waals surface area contributed by atoms with Gasteiger partial charge in [-0.1, -0.05) is 6.07 Å². The summed E-state index contributed by atoms with van der Waals surface area (Å²) in [5.41, 5.74) is -1.76. The van der Waals surface area contributed by atoms with Crippen molar-refractivity contribution < 1.29 is 32.9 Å². The highest BCUT2D eigenvalue weighted by molar-refractivity contribution is 9.10. The van der Waals surface area contributed by atoms with Gasteiger partial charge in [0.2, 0.25) is 0 Å². The maximum Gasteiger partial charge on any atom is 0.319 e. The van der Waals surface area contributed by atoms with Crippen LogP contribution in [0.15, 0.2) is 34.9 Å². The summed E-state index contributed by atoms with van der Waals surface area (Å²) < 4.78 is 57.5. The van der Waals surface area contributed by atoms with Gasteiger partial charge < -0.3 is 24.6 Å². The molecule has 1 unspecified atom stereocenters. The number of aromatic nitrogens is 3. The second-order valence-electron chi connectivity index (χ2n) is 12.3. The number of rotatable bonds is 5. The Hall–Kier alpha value is -3.26. The van der Waals surface area contributed by atoms with E-state index in [1.807, 2.05) is 0 Å². The lowest BCUT2D eigenvalue weighted by atomic mass is 9.95. The van der Waals surface area contributed by atoms with Crippen molar-refractivity contribution in [2.75, 3.05) is 50.9 Å². The molecule has 5 heterocycles. The lowest BCUT2D eigenvalue weighted by Crippen LogP contribution is -2.44. The topological polar surface area (TPSA) is 104 Å². The summed E-state index contributed by atoms with van der Waals surface area (Å²) in [7, 11) is 0. The largest absolute Gasteiger partial charge is 0.508 e. The molecule has 3 fully saturated rings. The predicted molar refractivity (Wildman–Crippen MR) is 162 cm³/mol. The number of hydrogen-bond acceptors (Lipinski definition) is 9. The summed E-state index contributed by atoms with van der Waals surface area (Å²) in [6.07, 6.45) is 2.54. The Morgan fingerprint density at radius 1 is 1.20 bits per heavy atom. The third-order valence-corrected chi connectivity index (χ3v) is 9.65. The molecule has 13 heteroatoms. The first-order valence-electron chi connectivity index (χ1n) is 14.6. The number of halogens is 4. The van der Waals surface area contributed by atoms with E-state index >= 15 is 4.39 Å². The molecule has 0 aliphatic carbocycles. The minimum Gasteiger partial charge on any atom is -0.508 e. The number of nitrogens with zero attached hydrogens (tertiary/aromatic N) is 5. The fourth-order valence-corrected chi connectivity index (χ4v) is 7.49. The molecule has 9 nitrogen and oxygen atoms in total. The van der Waals surface area contributed by atoms with Crippen LogP contribution in [-0.4, -0.2) is 93.4 Å². The van der Waals surface area contributed by atoms with Gasteiger partial charge in [0.1, 0.15) is 47.0 Å². The number of phenols is 1. The summed E-state index contributed by atoms with van der Waals surface area (Å²) in [6, 6.07) is 5.44. The minimum atomic E-state index is -1.21. The number of fused-ring (bicyclic) bond motifs is 3. The van der Waals surface area contributed by atoms with Crippen LogP contribution in [0.4, 0.5) is 19.0 Å². The normalized spacial score (nSPS) is 26.0. The van der Waals surface area contributed by atoms with Crippen molar-refractivity contribution >= 4 is 43.4 Å². The van der Waals surface area contributed by atoms with Gasteiger partial charge in [-0.05, 0) is 65.8 Å². The molecule has 0 radical (unpaired) electrons. The van der Waals surface area contributed by atoms with E-state index in [1.165, 1.54) is 30.5 Å². The molecule has 2 aromatic heterocycles. The first kappa shape index (κ1) is 29.5. The van der Waals surface area contributed by atoms with Gasteiger partial charge in [-0.25, -0.2) is 13.2 Å². The standard InChI is InChI=1S/C31H31BrF3N5O4/c1-30(42)14-39(7-8-43-15-30)28-21-12-36-26(20-10-19(41)9-17-3-4-22(34)24(32)23(17)20)25(35)27(21)37-29(38-28)44-16-31-5-2-6-40(31)13-18(33)11-31/h3-4,9-10,12,18,41-42H,2,5-8,11,13-16H2,1H3/t18-,30?,31+/m1/s1. The summed E-state index contributed by atoms with van der Waals surface area (Å²) in [4.78, 5) is 17.5. The molecule has 7 rings (SSSR count). The SMILES string of the molecule is CC1(O)COCCN(c2nc(OC[C@@]34CCCN3C[C@H](F)C4)nc3c(F)c(-c4cc(O)cc5ccc(F)c(Br)c45)ncc23)C1. The average Bonchev–Trinajstić information content (AvgIpc) is 3.43. The Morgan fingerprint density at radius 3 is 2.89 bits per heavy atom. The molecule has 0 bridgehead atoms. The third-order valence-electron chi connectivity index (χ3n) is 8.87. The van der Waals surface area contributed by atoms with E-state index < -0.39 is 28.9 Å². The van der Waals surface area contributed by atoms with Gasteiger partial charge >= 0.3 is 6.01 Å². The van der Waals surface area contributed by atoms with E-state index in [-0.39, 0.29) is 58.2 Å². The number of anilines is 1. The highest BCUT2D eigenvalue weighted by atomic mass is 79.9. The van der Waals surface area contributed by atoms with Gasteiger partial charge in [0.15, 0.2) is 5.82 Å². The van der Waals surface area contributed by atoms with Crippen LogP contribution >= 0.6 is 15.9 Å². The van der Waals surface area contributed by atoms with Crippen molar-refractivity contribution in [2.24, 2.45) is 0 Å². The van der Waals surface area contributed by atoms with Crippen molar-refractivity contribution in [3.05, 3.63) is 46.6 Å². The molecule has 2 N–H and O–H groups in total. The molecule has 3 aliphatic rings. The fourth-order valence-electron chi connectivity index (χ4n) is 6.91. The van der Waals surface area contributed by atoms with Crippen LogP contribution in [-0.2, 0) is 4.74 Å². The fraction of sp³-hybridized carbons (Fsp3) is 0.452. The summed E-state index contributed by atoms with van der Waals surface area (Å²) >= 11 is 3.27. The molecule has 2 aromatic carbocycles. The molecule has 0 spiro atoms. The number of pyridine rings is 1. The van der Waals surface area contributed by atoms with E-state index in [9.17, 15) is 19.0 Å². The molecular weight excluding hydrogens is 643 g/mol. The molecule has 44 heavy (non-hydrogen) atoms. The van der Waals surface area contributed by atoms with Crippen LogP contribution < -0.4 is 9.64 Å². The monoisotopic (exact) mass is 673 g/mol. The van der Waals surface area contributed by atoms with Crippen LogP contribution in [0.25, 0.3) is 32.9 Å². The summed E-state index contributed by atoms with van der Waals surface area (Å²) in [5.74, 6) is -1.21. The number of alkyl halides is 1. The molecule has 232 valence electrons. The molecular formula is C31H31BrF3N5O4. The number of benzene rings is 2. The minimum absolute atomic E-state index is 0.0927. The zero-order valence-corrected chi connectivity index (χ0v) is 25.6. The summed E-state index contributed by atoms with van der Waals surface area (Å²) in [6.45, 7) is 3.85. The number of aliphatic hydroxyl groups is 1. The first-order chi connectivity index (χ1) is 21.0. The zero-order chi connectivity index (χ0) is 30.8. The van der Waals surface area contributed by atoms with Crippen molar-refractivity contribution in [2.45, 2.75) is 43.5 Å². The van der Waals surface area contributed by atoms with Crippen LogP contribution in [0, 0.1) is 11.6 Å². The quantitative estimate of drug-likeness (QED) is 0.298. The van der Waals surface area contributed by atoms with E-state index in [0.29, 0.717) is 42.7 Å². The maximum absolute atomic E-state index is 16.7. The van der Waals surface area contributed by atoms with Gasteiger partial charge in [-0.15, -0.1) is 0 Å². The highest BCUT2D eigenvalue weighted by Gasteiger charge is 2.49. The Kier molecular flexibility index (Phi) is 7.34. The van der Waals surface area contributed by atoms with Crippen molar-refractivity contribution in [1.29, 1.82) is 0 Å². The lowest BCUT2D eigenvalue weighted by molar-refractivity contribution is -0.0123. The van der Waals surface area contributed by atoms with Gasteiger partial charge in [-0.2, -0.15) is 9.97 Å². The summed E-state index contributed by atoms with van der Waals surface area (Å²) in [5, 5.41) is 22.4. The predicted octanol–water partition coefficient (Wildman–Crippen LogP) is 5.13. The number of phenolic OH excluding ortho intramolecular Hbond substituents is 1. The zero-order valence-electron chi connectivity index (χ0n) is 24.0. The highest BCUT2D eigenvalue weighted by Crippen LogP contribution is 2.42. The number of ether oxygens (including phenoxy) is 2. The number of aromatic hydroxyl groups is 1. The first-order valence-corrected chi connectivity index (χ1v) is 15.4. The van der Waals surface area contributed by atoms with Gasteiger partial charge in [0.25, 0.3) is 0 Å². The Balaban J connectivity index is 1.38. The average molecular weight is 675 g/mol. The smallest absolute Gasteiger partial charge is 0.319 e. The maximum atomic E-state index is 16.7. The van der Waals surface area contributed by atoms with E-state index in [0.717, 1.165) is 19.4 Å². The molecule has 0 saturated carbocycles. The van der Waals surface area contributed by atoms with Gasteiger partial charge in [0.05, 0.1) is 35.2 Å². The van der Waals surface area contributed by atoms with Crippen LogP contribution in [0.5, 0.6) is 11.8 Å². The second kappa shape index (κ2) is 11.0. The molecule has 0 amide bonds. The van der Waals surface area contributed by atoms with E-state index in [1.54, 1.807) is 11.8 Å². The van der Waals surface area contributed by atoms with Gasteiger partial charge in [0, 0.05) is 36.7 Å². The molecule has 4 aromatic rings. The van der Waals surface area contributed by atoms with Crippen molar-refractivity contribution in [3.63, 3.8) is 0 Å². The number of β-amino-alcohol motifs (C(OH)–C–C–N with tert-alkyl or cyclic N) is 1. The van der Waals surface area contributed by atoms with Crippen molar-refractivity contribution in [3.8, 4) is 23.0 Å². The second-order valence-corrected chi connectivity index (χ2v) is 13.1.